The van der Waals surface area contributed by atoms with Crippen molar-refractivity contribution < 1.29 is 22.7 Å². The Morgan fingerprint density at radius 1 is 0.906 bits per heavy atom. The van der Waals surface area contributed by atoms with Crippen molar-refractivity contribution in [3.63, 3.8) is 0 Å². The summed E-state index contributed by atoms with van der Waals surface area (Å²) in [5.41, 5.74) is 1.80. The van der Waals surface area contributed by atoms with Crippen LogP contribution in [0.4, 0.5) is 5.69 Å². The number of anilines is 1. The molecule has 0 fully saturated rings. The van der Waals surface area contributed by atoms with E-state index in [0.29, 0.717) is 30.2 Å². The second-order valence-corrected chi connectivity index (χ2v) is 8.99. The van der Waals surface area contributed by atoms with E-state index < -0.39 is 10.0 Å². The Hall–Kier alpha value is -3.52. The second-order valence-electron chi connectivity index (χ2n) is 7.08. The van der Waals surface area contributed by atoms with Gasteiger partial charge in [0.25, 0.3) is 5.91 Å². The predicted molar refractivity (Wildman–Crippen MR) is 125 cm³/mol. The van der Waals surface area contributed by atoms with Gasteiger partial charge in [0.05, 0.1) is 32.1 Å². The first-order chi connectivity index (χ1) is 15.4. The quantitative estimate of drug-likeness (QED) is 0.474. The number of sulfonamides is 1. The standard InChI is InChI=1S/C24H26N2O5S/c1-30-22-12-14-23(15-13-22)31-17-16-25-24(27)20-8-10-21(11-9-20)26(32(2,28)29)18-19-6-4-3-5-7-19/h3-15H,16-18H2,1-2H3,(H,25,27). The second kappa shape index (κ2) is 10.7. The molecule has 7 nitrogen and oxygen atoms in total. The lowest BCUT2D eigenvalue weighted by molar-refractivity contribution is 0.0947. The molecule has 0 atom stereocenters. The summed E-state index contributed by atoms with van der Waals surface area (Å²) in [7, 11) is -1.89. The van der Waals surface area contributed by atoms with Gasteiger partial charge < -0.3 is 14.8 Å². The fourth-order valence-electron chi connectivity index (χ4n) is 3.04. The van der Waals surface area contributed by atoms with Gasteiger partial charge in [0.2, 0.25) is 10.0 Å². The first-order valence-corrected chi connectivity index (χ1v) is 11.9. The highest BCUT2D eigenvalue weighted by Gasteiger charge is 2.18. The van der Waals surface area contributed by atoms with Gasteiger partial charge in [0, 0.05) is 5.56 Å². The van der Waals surface area contributed by atoms with E-state index >= 15 is 0 Å². The lowest BCUT2D eigenvalue weighted by Crippen LogP contribution is -2.30. The van der Waals surface area contributed by atoms with Crippen molar-refractivity contribution in [2.24, 2.45) is 0 Å². The molecule has 1 N–H and O–H groups in total. The molecule has 3 aromatic carbocycles. The van der Waals surface area contributed by atoms with Gasteiger partial charge in [-0.05, 0) is 54.1 Å². The highest BCUT2D eigenvalue weighted by Crippen LogP contribution is 2.21. The molecule has 0 radical (unpaired) electrons. The number of ether oxygens (including phenoxy) is 2. The van der Waals surface area contributed by atoms with Crippen LogP contribution in [-0.4, -0.2) is 40.8 Å². The minimum absolute atomic E-state index is 0.216. The Labute approximate surface area is 188 Å². The molecule has 0 aliphatic rings. The molecule has 0 aliphatic heterocycles. The van der Waals surface area contributed by atoms with Gasteiger partial charge in [-0.2, -0.15) is 0 Å². The molecule has 0 aromatic heterocycles. The van der Waals surface area contributed by atoms with E-state index in [1.165, 1.54) is 10.6 Å². The summed E-state index contributed by atoms with van der Waals surface area (Å²) in [4.78, 5) is 12.4. The number of hydrogen-bond donors (Lipinski definition) is 1. The van der Waals surface area contributed by atoms with Crippen molar-refractivity contribution in [3.05, 3.63) is 90.0 Å². The molecule has 0 aliphatic carbocycles. The molecule has 1 amide bonds. The Kier molecular flexibility index (Phi) is 7.72. The van der Waals surface area contributed by atoms with Crippen LogP contribution >= 0.6 is 0 Å². The molecule has 3 rings (SSSR count). The molecular formula is C24H26N2O5S. The average Bonchev–Trinajstić information content (AvgIpc) is 2.80. The molecule has 32 heavy (non-hydrogen) atoms. The third kappa shape index (κ3) is 6.49. The molecule has 0 unspecified atom stereocenters. The molecule has 0 saturated heterocycles. The van der Waals surface area contributed by atoms with Crippen LogP contribution in [0.25, 0.3) is 0 Å². The number of methoxy groups -OCH3 is 1. The average molecular weight is 455 g/mol. The van der Waals surface area contributed by atoms with Crippen LogP contribution in [0, 0.1) is 0 Å². The summed E-state index contributed by atoms with van der Waals surface area (Å²) >= 11 is 0. The third-order valence-electron chi connectivity index (χ3n) is 4.70. The zero-order valence-corrected chi connectivity index (χ0v) is 18.8. The molecule has 168 valence electrons. The molecule has 0 spiro atoms. The molecule has 0 bridgehead atoms. The van der Waals surface area contributed by atoms with E-state index in [9.17, 15) is 13.2 Å². The Bertz CT molecular complexity index is 1120. The van der Waals surface area contributed by atoms with Crippen LogP contribution in [0.15, 0.2) is 78.9 Å². The van der Waals surface area contributed by atoms with E-state index in [0.717, 1.165) is 11.3 Å². The van der Waals surface area contributed by atoms with E-state index in [1.807, 2.05) is 30.3 Å². The maximum Gasteiger partial charge on any atom is 0.251 e. The van der Waals surface area contributed by atoms with Gasteiger partial charge in [-0.15, -0.1) is 0 Å². The van der Waals surface area contributed by atoms with Crippen molar-refractivity contribution >= 4 is 21.6 Å². The number of amides is 1. The largest absolute Gasteiger partial charge is 0.497 e. The van der Waals surface area contributed by atoms with E-state index in [4.69, 9.17) is 9.47 Å². The zero-order valence-electron chi connectivity index (χ0n) is 18.0. The van der Waals surface area contributed by atoms with E-state index in [1.54, 1.807) is 55.6 Å². The Balaban J connectivity index is 1.56. The van der Waals surface area contributed by atoms with Gasteiger partial charge in [0.1, 0.15) is 18.1 Å². The molecule has 3 aromatic rings. The van der Waals surface area contributed by atoms with Crippen LogP contribution in [0.5, 0.6) is 11.5 Å². The maximum absolute atomic E-state index is 12.4. The summed E-state index contributed by atoms with van der Waals surface area (Å²) in [6.07, 6.45) is 1.17. The normalized spacial score (nSPS) is 10.9. The summed E-state index contributed by atoms with van der Waals surface area (Å²) < 4.78 is 36.6. The van der Waals surface area contributed by atoms with Crippen LogP contribution in [-0.2, 0) is 16.6 Å². The van der Waals surface area contributed by atoms with Gasteiger partial charge >= 0.3 is 0 Å². The number of nitrogens with zero attached hydrogens (tertiary/aromatic N) is 1. The number of hydrogen-bond acceptors (Lipinski definition) is 5. The highest BCUT2D eigenvalue weighted by atomic mass is 32.2. The van der Waals surface area contributed by atoms with Crippen molar-refractivity contribution in [3.8, 4) is 11.5 Å². The molecule has 0 heterocycles. The predicted octanol–water partition coefficient (Wildman–Crippen LogP) is 3.47. The Morgan fingerprint density at radius 2 is 1.53 bits per heavy atom. The number of carbonyl (C=O) groups excluding carboxylic acids is 1. The number of nitrogens with one attached hydrogen (secondary N) is 1. The molecular weight excluding hydrogens is 428 g/mol. The first-order valence-electron chi connectivity index (χ1n) is 10.0. The van der Waals surface area contributed by atoms with Gasteiger partial charge in [0.15, 0.2) is 0 Å². The number of benzene rings is 3. The number of rotatable bonds is 10. The van der Waals surface area contributed by atoms with Crippen LogP contribution < -0.4 is 19.1 Å². The summed E-state index contributed by atoms with van der Waals surface area (Å²) in [6, 6.07) is 23.0. The lowest BCUT2D eigenvalue weighted by atomic mass is 10.2. The van der Waals surface area contributed by atoms with E-state index in [-0.39, 0.29) is 12.5 Å². The first kappa shape index (κ1) is 23.1. The fraction of sp³-hybridized carbons (Fsp3) is 0.208. The summed E-state index contributed by atoms with van der Waals surface area (Å²) in [6.45, 7) is 0.860. The third-order valence-corrected chi connectivity index (χ3v) is 5.84. The lowest BCUT2D eigenvalue weighted by Gasteiger charge is -2.22. The monoisotopic (exact) mass is 454 g/mol. The van der Waals surface area contributed by atoms with Crippen LogP contribution in [0.3, 0.4) is 0 Å². The summed E-state index contributed by atoms with van der Waals surface area (Å²) in [5.74, 6) is 1.17. The van der Waals surface area contributed by atoms with Crippen LogP contribution in [0.1, 0.15) is 15.9 Å². The Morgan fingerprint density at radius 3 is 2.12 bits per heavy atom. The van der Waals surface area contributed by atoms with Crippen molar-refractivity contribution in [2.45, 2.75) is 6.54 Å². The number of carbonyl (C=O) groups is 1. The van der Waals surface area contributed by atoms with Crippen LogP contribution in [0.2, 0.25) is 0 Å². The topological polar surface area (TPSA) is 84.9 Å². The minimum atomic E-state index is -3.49. The fourth-order valence-corrected chi connectivity index (χ4v) is 3.92. The van der Waals surface area contributed by atoms with E-state index in [2.05, 4.69) is 5.32 Å². The van der Waals surface area contributed by atoms with Gasteiger partial charge in [-0.3, -0.25) is 9.10 Å². The smallest absolute Gasteiger partial charge is 0.251 e. The maximum atomic E-state index is 12.4. The minimum Gasteiger partial charge on any atom is -0.497 e. The van der Waals surface area contributed by atoms with Gasteiger partial charge in [-0.1, -0.05) is 30.3 Å². The SMILES string of the molecule is COc1ccc(OCCNC(=O)c2ccc(N(Cc3ccccc3)S(C)(=O)=O)cc2)cc1. The molecule has 8 heteroatoms. The van der Waals surface area contributed by atoms with Crippen molar-refractivity contribution in [2.75, 3.05) is 30.8 Å². The highest BCUT2D eigenvalue weighted by molar-refractivity contribution is 7.92. The van der Waals surface area contributed by atoms with Crippen molar-refractivity contribution in [1.29, 1.82) is 0 Å². The van der Waals surface area contributed by atoms with Crippen molar-refractivity contribution in [1.82, 2.24) is 5.32 Å². The van der Waals surface area contributed by atoms with Gasteiger partial charge in [-0.25, -0.2) is 8.42 Å². The molecule has 0 saturated carbocycles. The summed E-state index contributed by atoms with van der Waals surface area (Å²) in [5, 5.41) is 2.79. The zero-order chi connectivity index (χ0) is 23.0.